The van der Waals surface area contributed by atoms with Gasteiger partial charge < -0.3 is 20.4 Å². The molecule has 0 heterocycles. The first-order valence-corrected chi connectivity index (χ1v) is 9.24. The zero-order chi connectivity index (χ0) is 20.6. The Bertz CT molecular complexity index is 658. The normalized spacial score (nSPS) is 11.8. The SMILES string of the molecule is CCNC(=NCc1ccc(F)c(CN(C)C)c1)N(C)CC(=O)NC(C)(C)C.I. The topological polar surface area (TPSA) is 60.0 Å². The first kappa shape index (κ1) is 26.6. The highest BCUT2D eigenvalue weighted by atomic mass is 127. The van der Waals surface area contributed by atoms with Gasteiger partial charge in [-0.3, -0.25) is 4.79 Å². The number of carbonyl (C=O) groups is 1. The van der Waals surface area contributed by atoms with Gasteiger partial charge in [0, 0.05) is 31.2 Å². The van der Waals surface area contributed by atoms with Gasteiger partial charge in [-0.05, 0) is 59.5 Å². The Morgan fingerprint density at radius 3 is 2.39 bits per heavy atom. The van der Waals surface area contributed by atoms with E-state index < -0.39 is 0 Å². The molecule has 0 aromatic heterocycles. The molecule has 0 fully saturated rings. The Hall–Kier alpha value is -1.42. The van der Waals surface area contributed by atoms with E-state index in [0.717, 1.165) is 5.56 Å². The summed E-state index contributed by atoms with van der Waals surface area (Å²) in [4.78, 5) is 20.5. The maximum atomic E-state index is 13.9. The average molecular weight is 507 g/mol. The van der Waals surface area contributed by atoms with E-state index in [1.54, 1.807) is 11.0 Å². The van der Waals surface area contributed by atoms with Crippen molar-refractivity contribution in [1.82, 2.24) is 20.4 Å². The molecule has 0 aliphatic rings. The van der Waals surface area contributed by atoms with Crippen LogP contribution in [0.25, 0.3) is 0 Å². The van der Waals surface area contributed by atoms with E-state index in [4.69, 9.17) is 0 Å². The molecule has 160 valence electrons. The third-order valence-electron chi connectivity index (χ3n) is 3.60. The number of nitrogens with one attached hydrogen (secondary N) is 2. The molecule has 1 aromatic carbocycles. The molecule has 0 saturated carbocycles. The number of guanidine groups is 1. The largest absolute Gasteiger partial charge is 0.357 e. The van der Waals surface area contributed by atoms with Crippen molar-refractivity contribution in [3.05, 3.63) is 35.1 Å². The number of benzene rings is 1. The van der Waals surface area contributed by atoms with Gasteiger partial charge in [0.1, 0.15) is 5.82 Å². The summed E-state index contributed by atoms with van der Waals surface area (Å²) in [6.07, 6.45) is 0. The molecule has 0 unspecified atom stereocenters. The molecule has 2 N–H and O–H groups in total. The molecule has 0 aliphatic carbocycles. The fraction of sp³-hybridized carbons (Fsp3) is 0.600. The van der Waals surface area contributed by atoms with E-state index in [1.165, 1.54) is 6.07 Å². The van der Waals surface area contributed by atoms with Crippen molar-refractivity contribution < 1.29 is 9.18 Å². The first-order chi connectivity index (χ1) is 12.5. The van der Waals surface area contributed by atoms with Crippen LogP contribution in [-0.4, -0.2) is 61.4 Å². The van der Waals surface area contributed by atoms with Crippen LogP contribution in [-0.2, 0) is 17.9 Å². The summed E-state index contributed by atoms with van der Waals surface area (Å²) in [5.41, 5.74) is 1.30. The van der Waals surface area contributed by atoms with E-state index >= 15 is 0 Å². The van der Waals surface area contributed by atoms with Gasteiger partial charge in [0.15, 0.2) is 5.96 Å². The summed E-state index contributed by atoms with van der Waals surface area (Å²) < 4.78 is 13.9. The molecule has 6 nitrogen and oxygen atoms in total. The minimum absolute atomic E-state index is 0. The van der Waals surface area contributed by atoms with Crippen LogP contribution in [0.4, 0.5) is 4.39 Å². The number of nitrogens with zero attached hydrogens (tertiary/aromatic N) is 3. The number of halogens is 2. The number of hydrogen-bond acceptors (Lipinski definition) is 3. The summed E-state index contributed by atoms with van der Waals surface area (Å²) in [6, 6.07) is 5.07. The highest BCUT2D eigenvalue weighted by molar-refractivity contribution is 14.0. The van der Waals surface area contributed by atoms with Crippen LogP contribution < -0.4 is 10.6 Å². The molecule has 8 heteroatoms. The monoisotopic (exact) mass is 507 g/mol. The number of carbonyl (C=O) groups excluding carboxylic acids is 1. The van der Waals surface area contributed by atoms with Gasteiger partial charge in [-0.2, -0.15) is 0 Å². The van der Waals surface area contributed by atoms with E-state index in [9.17, 15) is 9.18 Å². The lowest BCUT2D eigenvalue weighted by atomic mass is 10.1. The molecule has 0 saturated heterocycles. The summed E-state index contributed by atoms with van der Waals surface area (Å²) in [6.45, 7) is 9.67. The molecular weight excluding hydrogens is 472 g/mol. The molecule has 0 radical (unpaired) electrons. The van der Waals surface area contributed by atoms with Crippen molar-refractivity contribution in [3.63, 3.8) is 0 Å². The Balaban J connectivity index is 0.00000729. The van der Waals surface area contributed by atoms with Crippen molar-refractivity contribution in [2.45, 2.75) is 46.3 Å². The van der Waals surface area contributed by atoms with E-state index in [2.05, 4.69) is 15.6 Å². The van der Waals surface area contributed by atoms with Crippen molar-refractivity contribution in [1.29, 1.82) is 0 Å². The van der Waals surface area contributed by atoms with E-state index in [0.29, 0.717) is 31.2 Å². The van der Waals surface area contributed by atoms with Gasteiger partial charge in [-0.1, -0.05) is 6.07 Å². The summed E-state index contributed by atoms with van der Waals surface area (Å²) >= 11 is 0. The standard InChI is InChI=1S/C20H34FN5O.HI/c1-8-22-19(26(7)14-18(27)24-20(2,3)4)23-12-15-9-10-17(21)16(11-15)13-25(5)6;/h9-11H,8,12-14H2,1-7H3,(H,22,23)(H,24,27);1H. The quantitative estimate of drug-likeness (QED) is 0.339. The number of likely N-dealkylation sites (N-methyl/N-ethyl adjacent to an activating group) is 1. The van der Waals surface area contributed by atoms with Gasteiger partial charge in [0.25, 0.3) is 0 Å². The number of hydrogen-bond donors (Lipinski definition) is 2. The summed E-state index contributed by atoms with van der Waals surface area (Å²) in [7, 11) is 5.64. The fourth-order valence-electron chi connectivity index (χ4n) is 2.57. The maximum absolute atomic E-state index is 13.9. The Morgan fingerprint density at radius 2 is 1.86 bits per heavy atom. The second-order valence-corrected chi connectivity index (χ2v) is 7.99. The number of rotatable bonds is 7. The number of amides is 1. The lowest BCUT2D eigenvalue weighted by Crippen LogP contribution is -2.48. The van der Waals surface area contributed by atoms with Gasteiger partial charge in [-0.25, -0.2) is 9.38 Å². The zero-order valence-corrected chi connectivity index (χ0v) is 20.4. The average Bonchev–Trinajstić information content (AvgIpc) is 2.51. The van der Waals surface area contributed by atoms with Crippen molar-refractivity contribution in [2.75, 3.05) is 34.2 Å². The maximum Gasteiger partial charge on any atom is 0.240 e. The Morgan fingerprint density at radius 1 is 1.21 bits per heavy atom. The molecule has 0 spiro atoms. The van der Waals surface area contributed by atoms with Gasteiger partial charge in [0.05, 0.1) is 13.1 Å². The highest BCUT2D eigenvalue weighted by Crippen LogP contribution is 2.13. The van der Waals surface area contributed by atoms with E-state index in [1.807, 2.05) is 59.8 Å². The second-order valence-electron chi connectivity index (χ2n) is 7.99. The Labute approximate surface area is 186 Å². The second kappa shape index (κ2) is 12.2. The minimum Gasteiger partial charge on any atom is -0.357 e. The van der Waals surface area contributed by atoms with Gasteiger partial charge in [-0.15, -0.1) is 24.0 Å². The molecule has 0 aliphatic heterocycles. The molecule has 0 atom stereocenters. The molecule has 28 heavy (non-hydrogen) atoms. The fourth-order valence-corrected chi connectivity index (χ4v) is 2.57. The van der Waals surface area contributed by atoms with E-state index in [-0.39, 0.29) is 47.8 Å². The first-order valence-electron chi connectivity index (χ1n) is 9.24. The third-order valence-corrected chi connectivity index (χ3v) is 3.60. The van der Waals surface area contributed by atoms with Gasteiger partial charge in [0.2, 0.25) is 5.91 Å². The van der Waals surface area contributed by atoms with Crippen LogP contribution >= 0.6 is 24.0 Å². The predicted octanol–water partition coefficient (Wildman–Crippen LogP) is 2.82. The molecule has 1 amide bonds. The lowest BCUT2D eigenvalue weighted by molar-refractivity contribution is -0.122. The zero-order valence-electron chi connectivity index (χ0n) is 18.1. The Kier molecular flexibility index (Phi) is 11.6. The van der Waals surface area contributed by atoms with Crippen LogP contribution in [0.1, 0.15) is 38.8 Å². The molecule has 1 aromatic rings. The number of aliphatic imine (C=N–C) groups is 1. The third kappa shape index (κ3) is 10.2. The van der Waals surface area contributed by atoms with Crippen LogP contribution in [0.2, 0.25) is 0 Å². The van der Waals surface area contributed by atoms with Crippen molar-refractivity contribution in [3.8, 4) is 0 Å². The summed E-state index contributed by atoms with van der Waals surface area (Å²) in [5, 5.41) is 6.14. The molecule has 1 rings (SSSR count). The smallest absolute Gasteiger partial charge is 0.240 e. The van der Waals surface area contributed by atoms with Crippen molar-refractivity contribution >= 4 is 35.8 Å². The lowest BCUT2D eigenvalue weighted by Gasteiger charge is -2.25. The highest BCUT2D eigenvalue weighted by Gasteiger charge is 2.16. The van der Waals surface area contributed by atoms with Crippen LogP contribution in [0.5, 0.6) is 0 Å². The van der Waals surface area contributed by atoms with Crippen molar-refractivity contribution in [2.24, 2.45) is 4.99 Å². The molecular formula is C20H35FIN5O. The minimum atomic E-state index is -0.273. The van der Waals surface area contributed by atoms with Crippen LogP contribution in [0.3, 0.4) is 0 Å². The van der Waals surface area contributed by atoms with Crippen LogP contribution in [0.15, 0.2) is 23.2 Å². The molecule has 0 bridgehead atoms. The summed E-state index contributed by atoms with van der Waals surface area (Å²) in [5.74, 6) is 0.366. The van der Waals surface area contributed by atoms with Crippen LogP contribution in [0, 0.1) is 5.82 Å². The van der Waals surface area contributed by atoms with Gasteiger partial charge >= 0.3 is 0 Å². The predicted molar refractivity (Wildman–Crippen MR) is 125 cm³/mol.